The van der Waals surface area contributed by atoms with Crippen molar-refractivity contribution in [3.05, 3.63) is 23.8 Å². The van der Waals surface area contributed by atoms with Crippen LogP contribution in [0, 0.1) is 23.7 Å². The van der Waals surface area contributed by atoms with E-state index in [1.165, 1.54) is 12.1 Å². The van der Waals surface area contributed by atoms with Crippen molar-refractivity contribution in [2.45, 2.75) is 79.7 Å². The van der Waals surface area contributed by atoms with E-state index in [0.717, 1.165) is 6.42 Å². The lowest BCUT2D eigenvalue weighted by atomic mass is 9.82. The number of hydrogen-bond acceptors (Lipinski definition) is 9. The molecule has 0 saturated heterocycles. The van der Waals surface area contributed by atoms with Gasteiger partial charge in [-0.1, -0.05) is 61.0 Å². The summed E-state index contributed by atoms with van der Waals surface area (Å²) < 4.78 is 21.4. The fourth-order valence-corrected chi connectivity index (χ4v) is 3.36. The quantitative estimate of drug-likeness (QED) is 0.233. The second-order valence-electron chi connectivity index (χ2n) is 9.92. The predicted molar refractivity (Wildman–Crippen MR) is 141 cm³/mol. The highest BCUT2D eigenvalue weighted by molar-refractivity contribution is 5.79. The SMILES string of the molecule is CCC(C)COC(=O)OCC(C)C(c1ccc(OC(=O)C(C)CC)c(OC(=O)C(C)CC)c1)[C@H](N)C(=O)O. The first-order valence-electron chi connectivity index (χ1n) is 13.2. The van der Waals surface area contributed by atoms with Crippen LogP contribution in [0.2, 0.25) is 0 Å². The maximum atomic E-state index is 12.6. The Hall–Kier alpha value is -3.14. The Balaban J connectivity index is 3.31. The van der Waals surface area contributed by atoms with Gasteiger partial charge >= 0.3 is 24.1 Å². The lowest BCUT2D eigenvalue weighted by Gasteiger charge is -2.28. The minimum absolute atomic E-state index is 0.0203. The summed E-state index contributed by atoms with van der Waals surface area (Å²) in [4.78, 5) is 48.9. The standard InChI is InChI=1S/C28H43NO9/c1-8-16(4)14-35-28(34)36-15-19(7)23(24(29)25(30)31)20-11-12-21(37-26(32)17(5)9-2)22(13-20)38-27(33)18(6)10-3/h11-13,16-19,23-24H,8-10,14-15,29H2,1-7H3,(H,30,31)/t16?,17?,18?,19?,23?,24-/m0/s1. The van der Waals surface area contributed by atoms with Crippen molar-refractivity contribution in [1.82, 2.24) is 0 Å². The summed E-state index contributed by atoms with van der Waals surface area (Å²) in [7, 11) is 0. The van der Waals surface area contributed by atoms with Crippen molar-refractivity contribution in [1.29, 1.82) is 0 Å². The first-order valence-corrected chi connectivity index (χ1v) is 13.2. The van der Waals surface area contributed by atoms with Crippen LogP contribution < -0.4 is 15.2 Å². The molecular formula is C28H43NO9. The number of ether oxygens (including phenoxy) is 4. The maximum absolute atomic E-state index is 12.6. The third-order valence-electron chi connectivity index (χ3n) is 6.74. The minimum atomic E-state index is -1.36. The molecule has 38 heavy (non-hydrogen) atoms. The zero-order chi connectivity index (χ0) is 29.0. The van der Waals surface area contributed by atoms with Gasteiger partial charge in [-0.3, -0.25) is 14.4 Å². The van der Waals surface area contributed by atoms with Gasteiger partial charge < -0.3 is 29.8 Å². The van der Waals surface area contributed by atoms with Gasteiger partial charge in [0.2, 0.25) is 0 Å². The lowest BCUT2D eigenvalue weighted by molar-refractivity contribution is -0.141. The van der Waals surface area contributed by atoms with E-state index in [0.29, 0.717) is 18.4 Å². The Bertz CT molecular complexity index is 948. The number of benzene rings is 1. The van der Waals surface area contributed by atoms with Crippen LogP contribution in [0.1, 0.15) is 79.2 Å². The van der Waals surface area contributed by atoms with Crippen molar-refractivity contribution in [2.75, 3.05) is 13.2 Å². The normalized spacial score (nSPS) is 15.8. The van der Waals surface area contributed by atoms with Gasteiger partial charge in [-0.15, -0.1) is 0 Å². The largest absolute Gasteiger partial charge is 0.508 e. The molecule has 10 heteroatoms. The molecule has 1 aromatic rings. The monoisotopic (exact) mass is 537 g/mol. The number of carboxylic acid groups (broad SMARTS) is 1. The van der Waals surface area contributed by atoms with Crippen LogP contribution in [0.25, 0.3) is 0 Å². The molecule has 214 valence electrons. The van der Waals surface area contributed by atoms with Gasteiger partial charge in [-0.05, 0) is 42.4 Å². The van der Waals surface area contributed by atoms with E-state index in [-0.39, 0.29) is 36.5 Å². The fraction of sp³-hybridized carbons (Fsp3) is 0.643. The molecule has 0 heterocycles. The van der Waals surface area contributed by atoms with Crippen LogP contribution in [-0.2, 0) is 23.9 Å². The van der Waals surface area contributed by atoms with Crippen LogP contribution in [-0.4, -0.2) is 48.4 Å². The summed E-state index contributed by atoms with van der Waals surface area (Å²) in [6.07, 6.45) is 1.09. The molecule has 0 aliphatic carbocycles. The Morgan fingerprint density at radius 1 is 0.816 bits per heavy atom. The first-order chi connectivity index (χ1) is 17.9. The van der Waals surface area contributed by atoms with Crippen LogP contribution in [0.15, 0.2) is 18.2 Å². The minimum Gasteiger partial charge on any atom is -0.480 e. The van der Waals surface area contributed by atoms with Gasteiger partial charge in [0.05, 0.1) is 25.0 Å². The highest BCUT2D eigenvalue weighted by atomic mass is 16.7. The zero-order valence-electron chi connectivity index (χ0n) is 23.5. The first kappa shape index (κ1) is 32.9. The molecule has 3 N–H and O–H groups in total. The summed E-state index contributed by atoms with van der Waals surface area (Å²) in [6.45, 7) is 12.8. The topological polar surface area (TPSA) is 151 Å². The molecule has 0 bridgehead atoms. The molecule has 0 spiro atoms. The van der Waals surface area contributed by atoms with E-state index >= 15 is 0 Å². The Morgan fingerprint density at radius 3 is 1.84 bits per heavy atom. The van der Waals surface area contributed by atoms with E-state index in [9.17, 15) is 24.3 Å². The predicted octanol–water partition coefficient (Wildman–Crippen LogP) is 4.92. The molecule has 5 unspecified atom stereocenters. The van der Waals surface area contributed by atoms with E-state index in [2.05, 4.69) is 0 Å². The molecule has 0 amide bonds. The maximum Gasteiger partial charge on any atom is 0.508 e. The van der Waals surface area contributed by atoms with Gasteiger partial charge in [0, 0.05) is 5.92 Å². The molecule has 0 fully saturated rings. The average Bonchev–Trinajstić information content (AvgIpc) is 2.90. The molecule has 6 atom stereocenters. The summed E-state index contributed by atoms with van der Waals surface area (Å²) >= 11 is 0. The summed E-state index contributed by atoms with van der Waals surface area (Å²) in [5.41, 5.74) is 6.47. The highest BCUT2D eigenvalue weighted by Crippen LogP contribution is 2.36. The Labute approximate surface area is 225 Å². The molecule has 1 rings (SSSR count). The van der Waals surface area contributed by atoms with Crippen molar-refractivity contribution in [2.24, 2.45) is 29.4 Å². The zero-order valence-corrected chi connectivity index (χ0v) is 23.5. The van der Waals surface area contributed by atoms with Gasteiger partial charge in [0.1, 0.15) is 6.04 Å². The average molecular weight is 538 g/mol. The number of carboxylic acids is 1. The van der Waals surface area contributed by atoms with E-state index in [1.807, 2.05) is 27.7 Å². The molecule has 0 radical (unpaired) electrons. The summed E-state index contributed by atoms with van der Waals surface area (Å²) in [5, 5.41) is 9.68. The number of carbonyl (C=O) groups excluding carboxylic acids is 3. The lowest BCUT2D eigenvalue weighted by Crippen LogP contribution is -2.40. The second kappa shape index (κ2) is 16.0. The number of esters is 2. The molecule has 0 aliphatic rings. The molecule has 0 saturated carbocycles. The molecule has 0 aliphatic heterocycles. The van der Waals surface area contributed by atoms with Crippen LogP contribution in [0.3, 0.4) is 0 Å². The van der Waals surface area contributed by atoms with Crippen molar-refractivity contribution in [3.63, 3.8) is 0 Å². The molecule has 1 aromatic carbocycles. The van der Waals surface area contributed by atoms with E-state index < -0.39 is 47.9 Å². The third kappa shape index (κ3) is 9.96. The smallest absolute Gasteiger partial charge is 0.480 e. The number of hydrogen-bond donors (Lipinski definition) is 2. The highest BCUT2D eigenvalue weighted by Gasteiger charge is 2.33. The molecular weight excluding hydrogens is 494 g/mol. The van der Waals surface area contributed by atoms with Crippen LogP contribution in [0.5, 0.6) is 11.5 Å². The Morgan fingerprint density at radius 2 is 1.34 bits per heavy atom. The number of aliphatic carboxylic acids is 1. The number of rotatable bonds is 15. The third-order valence-corrected chi connectivity index (χ3v) is 6.74. The van der Waals surface area contributed by atoms with Crippen molar-refractivity contribution in [3.8, 4) is 11.5 Å². The summed E-state index contributed by atoms with van der Waals surface area (Å²) in [6, 6.07) is 3.09. The second-order valence-corrected chi connectivity index (χ2v) is 9.92. The van der Waals surface area contributed by atoms with Gasteiger partial charge in [0.25, 0.3) is 0 Å². The fourth-order valence-electron chi connectivity index (χ4n) is 3.36. The molecule has 0 aromatic heterocycles. The Kier molecular flexibility index (Phi) is 13.8. The van der Waals surface area contributed by atoms with Crippen LogP contribution in [0.4, 0.5) is 4.79 Å². The molecule has 10 nitrogen and oxygen atoms in total. The van der Waals surface area contributed by atoms with Crippen molar-refractivity contribution < 1.29 is 43.2 Å². The summed E-state index contributed by atoms with van der Waals surface area (Å²) in [5.74, 6) is -4.25. The van der Waals surface area contributed by atoms with Crippen LogP contribution >= 0.6 is 0 Å². The van der Waals surface area contributed by atoms with Gasteiger partial charge in [0.15, 0.2) is 11.5 Å². The van der Waals surface area contributed by atoms with Gasteiger partial charge in [-0.25, -0.2) is 4.79 Å². The van der Waals surface area contributed by atoms with E-state index in [1.54, 1.807) is 26.8 Å². The van der Waals surface area contributed by atoms with Crippen molar-refractivity contribution >= 4 is 24.1 Å². The number of carbonyl (C=O) groups is 4. The number of nitrogens with two attached hydrogens (primary N) is 1. The van der Waals surface area contributed by atoms with E-state index in [4.69, 9.17) is 24.7 Å². The van der Waals surface area contributed by atoms with Gasteiger partial charge in [-0.2, -0.15) is 0 Å².